The third-order valence-corrected chi connectivity index (χ3v) is 6.18. The molecular weight excluding hydrogens is 521 g/mol. The standard InChI is InChI=1S/C21H20BrClFN5O4/c1-21(2,3)33-20(32)29-10(8-11-12(23)6-7-13(24)14(11)29)9-28-17(30)15-16(27(5)19(28)31)25-18(22)26(15)4/h6-8H,9H2,1-5H3. The number of carbonyl (C=O) groups is 1. The molecule has 0 aliphatic rings. The fourth-order valence-electron chi connectivity index (χ4n) is 3.65. The second kappa shape index (κ2) is 7.84. The fourth-order valence-corrected chi connectivity index (χ4v) is 4.20. The highest BCUT2D eigenvalue weighted by Gasteiger charge is 2.26. The van der Waals surface area contributed by atoms with Crippen LogP contribution in [0.4, 0.5) is 9.18 Å². The molecule has 0 saturated heterocycles. The number of fused-ring (bicyclic) bond motifs is 2. The molecule has 0 radical (unpaired) electrons. The number of benzene rings is 1. The summed E-state index contributed by atoms with van der Waals surface area (Å²) in [6.07, 6.45) is -0.858. The molecule has 0 amide bonds. The molecule has 3 heterocycles. The van der Waals surface area contributed by atoms with E-state index in [1.807, 2.05) is 0 Å². The van der Waals surface area contributed by atoms with Gasteiger partial charge in [0.05, 0.1) is 22.8 Å². The van der Waals surface area contributed by atoms with Crippen LogP contribution in [-0.2, 0) is 25.4 Å². The molecule has 12 heteroatoms. The number of carbonyl (C=O) groups excluding carboxylic acids is 1. The van der Waals surface area contributed by atoms with Crippen molar-refractivity contribution in [3.8, 4) is 0 Å². The Morgan fingerprint density at radius 1 is 1.18 bits per heavy atom. The Hall–Kier alpha value is -2.92. The first-order valence-corrected chi connectivity index (χ1v) is 11.0. The Balaban J connectivity index is 2.01. The van der Waals surface area contributed by atoms with Gasteiger partial charge in [0.15, 0.2) is 15.9 Å². The molecule has 4 aromatic rings. The summed E-state index contributed by atoms with van der Waals surface area (Å²) >= 11 is 9.52. The van der Waals surface area contributed by atoms with Gasteiger partial charge in [-0.05, 0) is 54.9 Å². The molecule has 33 heavy (non-hydrogen) atoms. The Kier molecular flexibility index (Phi) is 5.52. The fraction of sp³-hybridized carbons (Fsp3) is 0.333. The molecule has 0 N–H and O–H groups in total. The maximum Gasteiger partial charge on any atom is 0.419 e. The molecule has 3 aromatic heterocycles. The Labute approximate surface area is 200 Å². The van der Waals surface area contributed by atoms with Gasteiger partial charge in [-0.3, -0.25) is 13.9 Å². The highest BCUT2D eigenvalue weighted by atomic mass is 79.9. The Morgan fingerprint density at radius 2 is 1.85 bits per heavy atom. The first kappa shape index (κ1) is 23.2. The second-order valence-corrected chi connectivity index (χ2v) is 9.70. The number of aryl methyl sites for hydroxylation is 2. The lowest BCUT2D eigenvalue weighted by Crippen LogP contribution is -2.40. The van der Waals surface area contributed by atoms with Crippen LogP contribution in [0.3, 0.4) is 0 Å². The molecule has 0 bridgehead atoms. The van der Waals surface area contributed by atoms with Gasteiger partial charge < -0.3 is 9.30 Å². The monoisotopic (exact) mass is 539 g/mol. The predicted molar refractivity (Wildman–Crippen MR) is 126 cm³/mol. The van der Waals surface area contributed by atoms with Gasteiger partial charge >= 0.3 is 11.8 Å². The largest absolute Gasteiger partial charge is 0.443 e. The second-order valence-electron chi connectivity index (χ2n) is 8.59. The van der Waals surface area contributed by atoms with Gasteiger partial charge in [0.25, 0.3) is 5.56 Å². The van der Waals surface area contributed by atoms with E-state index < -0.39 is 28.8 Å². The number of ether oxygens (including phenoxy) is 1. The Morgan fingerprint density at radius 3 is 2.48 bits per heavy atom. The molecule has 0 spiro atoms. The third-order valence-electron chi connectivity index (χ3n) is 5.14. The number of halogens is 3. The van der Waals surface area contributed by atoms with Gasteiger partial charge in [-0.1, -0.05) is 11.6 Å². The molecule has 9 nitrogen and oxygen atoms in total. The van der Waals surface area contributed by atoms with Crippen molar-refractivity contribution >= 4 is 55.7 Å². The van der Waals surface area contributed by atoms with Crippen LogP contribution in [0.5, 0.6) is 0 Å². The molecule has 0 unspecified atom stereocenters. The lowest BCUT2D eigenvalue weighted by molar-refractivity contribution is 0.0539. The van der Waals surface area contributed by atoms with E-state index in [0.717, 1.165) is 15.2 Å². The van der Waals surface area contributed by atoms with E-state index in [9.17, 15) is 18.8 Å². The highest BCUT2D eigenvalue weighted by molar-refractivity contribution is 9.10. The minimum atomic E-state index is -0.868. The zero-order chi connectivity index (χ0) is 24.4. The number of hydrogen-bond acceptors (Lipinski definition) is 5. The van der Waals surface area contributed by atoms with Crippen molar-refractivity contribution in [1.29, 1.82) is 0 Å². The summed E-state index contributed by atoms with van der Waals surface area (Å²) in [5.74, 6) is -0.697. The third kappa shape index (κ3) is 3.78. The zero-order valence-electron chi connectivity index (χ0n) is 18.4. The quantitative estimate of drug-likeness (QED) is 0.361. The molecule has 0 aliphatic carbocycles. The van der Waals surface area contributed by atoms with Crippen LogP contribution in [0.2, 0.25) is 5.02 Å². The number of nitrogens with zero attached hydrogens (tertiary/aromatic N) is 5. The molecule has 0 saturated carbocycles. The summed E-state index contributed by atoms with van der Waals surface area (Å²) in [7, 11) is 3.11. The van der Waals surface area contributed by atoms with Crippen molar-refractivity contribution in [1.82, 2.24) is 23.3 Å². The van der Waals surface area contributed by atoms with E-state index >= 15 is 0 Å². The van der Waals surface area contributed by atoms with Crippen molar-refractivity contribution in [2.75, 3.05) is 0 Å². The molecular formula is C21H20BrClFN5O4. The van der Waals surface area contributed by atoms with Crippen LogP contribution >= 0.6 is 27.5 Å². The first-order chi connectivity index (χ1) is 15.3. The Bertz CT molecular complexity index is 1570. The van der Waals surface area contributed by atoms with E-state index in [1.165, 1.54) is 28.3 Å². The minimum absolute atomic E-state index is 0.0963. The number of imidazole rings is 1. The summed E-state index contributed by atoms with van der Waals surface area (Å²) in [5, 5.41) is 0.466. The van der Waals surface area contributed by atoms with Gasteiger partial charge in [0.2, 0.25) is 0 Å². The number of aromatic nitrogens is 5. The maximum atomic E-state index is 14.8. The number of hydrogen-bond donors (Lipinski definition) is 0. The predicted octanol–water partition coefficient (Wildman–Crippen LogP) is 3.77. The summed E-state index contributed by atoms with van der Waals surface area (Å²) in [4.78, 5) is 43.5. The van der Waals surface area contributed by atoms with E-state index in [4.69, 9.17) is 16.3 Å². The van der Waals surface area contributed by atoms with Crippen LogP contribution in [0.25, 0.3) is 22.1 Å². The summed E-state index contributed by atoms with van der Waals surface area (Å²) in [6.45, 7) is 4.70. The van der Waals surface area contributed by atoms with Crippen LogP contribution in [0.15, 0.2) is 32.5 Å². The molecule has 0 fully saturated rings. The number of rotatable bonds is 2. The van der Waals surface area contributed by atoms with Crippen LogP contribution < -0.4 is 11.2 Å². The highest BCUT2D eigenvalue weighted by Crippen LogP contribution is 2.30. The molecule has 4 rings (SSSR count). The minimum Gasteiger partial charge on any atom is -0.443 e. The first-order valence-electron chi connectivity index (χ1n) is 9.85. The van der Waals surface area contributed by atoms with Gasteiger partial charge in [-0.15, -0.1) is 0 Å². The lowest BCUT2D eigenvalue weighted by Gasteiger charge is -2.21. The van der Waals surface area contributed by atoms with Crippen LogP contribution in [-0.4, -0.2) is 34.9 Å². The molecule has 1 aromatic carbocycles. The van der Waals surface area contributed by atoms with Gasteiger partial charge in [0, 0.05) is 19.5 Å². The topological polar surface area (TPSA) is 93.1 Å². The van der Waals surface area contributed by atoms with Crippen molar-refractivity contribution in [3.63, 3.8) is 0 Å². The molecule has 0 aliphatic heterocycles. The summed E-state index contributed by atoms with van der Waals surface area (Å²) in [6, 6.07) is 3.98. The van der Waals surface area contributed by atoms with Crippen LogP contribution in [0.1, 0.15) is 26.5 Å². The van der Waals surface area contributed by atoms with Crippen molar-refractivity contribution in [3.05, 3.63) is 60.3 Å². The van der Waals surface area contributed by atoms with Gasteiger partial charge in [-0.2, -0.15) is 0 Å². The lowest BCUT2D eigenvalue weighted by atomic mass is 10.2. The summed E-state index contributed by atoms with van der Waals surface area (Å²) in [5.41, 5.74) is -1.67. The normalized spacial score (nSPS) is 12.1. The van der Waals surface area contributed by atoms with Crippen LogP contribution in [0, 0.1) is 5.82 Å². The average Bonchev–Trinajstić information content (AvgIpc) is 3.24. The summed E-state index contributed by atoms with van der Waals surface area (Å²) < 4.78 is 25.4. The SMILES string of the molecule is Cn1c(Br)nc2c1c(=O)n(Cc1cc3c(Cl)ccc(F)c3n1C(=O)OC(C)(C)C)c(=O)n2C. The maximum absolute atomic E-state index is 14.8. The molecule has 174 valence electrons. The van der Waals surface area contributed by atoms with E-state index in [-0.39, 0.29) is 39.3 Å². The van der Waals surface area contributed by atoms with E-state index in [1.54, 1.807) is 27.8 Å². The average molecular weight is 541 g/mol. The van der Waals surface area contributed by atoms with Gasteiger partial charge in [0.1, 0.15) is 11.4 Å². The van der Waals surface area contributed by atoms with Gasteiger partial charge in [-0.25, -0.2) is 23.5 Å². The van der Waals surface area contributed by atoms with E-state index in [0.29, 0.717) is 4.73 Å². The van der Waals surface area contributed by atoms with Crippen molar-refractivity contribution in [2.24, 2.45) is 14.1 Å². The van der Waals surface area contributed by atoms with Crippen molar-refractivity contribution in [2.45, 2.75) is 32.9 Å². The van der Waals surface area contributed by atoms with E-state index in [2.05, 4.69) is 20.9 Å². The smallest absolute Gasteiger partial charge is 0.419 e. The zero-order valence-corrected chi connectivity index (χ0v) is 20.8. The molecule has 0 atom stereocenters. The van der Waals surface area contributed by atoms with Crippen molar-refractivity contribution < 1.29 is 13.9 Å².